The van der Waals surface area contributed by atoms with Gasteiger partial charge < -0.3 is 5.73 Å². The van der Waals surface area contributed by atoms with Gasteiger partial charge in [0, 0.05) is 18.3 Å². The van der Waals surface area contributed by atoms with Gasteiger partial charge in [0.2, 0.25) is 0 Å². The molecule has 0 aliphatic heterocycles. The van der Waals surface area contributed by atoms with Crippen LogP contribution in [0.1, 0.15) is 16.3 Å². The van der Waals surface area contributed by atoms with Crippen molar-refractivity contribution >= 4 is 11.3 Å². The van der Waals surface area contributed by atoms with Crippen LogP contribution in [0.15, 0.2) is 35.7 Å². The van der Waals surface area contributed by atoms with Gasteiger partial charge >= 0.3 is 0 Å². The number of nitrogens with zero attached hydrogens (tertiary/aromatic N) is 1. The highest BCUT2D eigenvalue weighted by molar-refractivity contribution is 7.09. The minimum absolute atomic E-state index is 0.533. The number of hydrogen-bond acceptors (Lipinski definition) is 3. The largest absolute Gasteiger partial charge is 0.325 e. The number of thiazole rings is 1. The highest BCUT2D eigenvalue weighted by Crippen LogP contribution is 2.14. The highest BCUT2D eigenvalue weighted by atomic mass is 32.1. The van der Waals surface area contributed by atoms with E-state index in [1.807, 2.05) is 23.6 Å². The summed E-state index contributed by atoms with van der Waals surface area (Å²) in [7, 11) is 0. The van der Waals surface area contributed by atoms with Gasteiger partial charge in [-0.25, -0.2) is 4.98 Å². The van der Waals surface area contributed by atoms with Gasteiger partial charge in [0.1, 0.15) is 0 Å². The van der Waals surface area contributed by atoms with Crippen LogP contribution in [0.2, 0.25) is 0 Å². The lowest BCUT2D eigenvalue weighted by atomic mass is 10.2. The smallest absolute Gasteiger partial charge is 0.0972 e. The van der Waals surface area contributed by atoms with Crippen molar-refractivity contribution in [1.82, 2.24) is 4.98 Å². The van der Waals surface area contributed by atoms with E-state index in [-0.39, 0.29) is 0 Å². The number of benzene rings is 1. The minimum atomic E-state index is 0.533. The summed E-state index contributed by atoms with van der Waals surface area (Å²) < 4.78 is 0. The highest BCUT2D eigenvalue weighted by Gasteiger charge is 2.01. The van der Waals surface area contributed by atoms with E-state index in [1.54, 1.807) is 11.3 Å². The lowest BCUT2D eigenvalue weighted by Gasteiger charge is -1.95. The van der Waals surface area contributed by atoms with Crippen molar-refractivity contribution in [1.29, 1.82) is 0 Å². The second kappa shape index (κ2) is 4.35. The standard InChI is InChI=1S/C11H12N2S/c12-7-10-8-14-11(13-10)6-9-4-2-1-3-5-9/h1-5,8H,6-7,12H2. The van der Waals surface area contributed by atoms with Gasteiger partial charge in [-0.05, 0) is 5.56 Å². The first-order valence-corrected chi connectivity index (χ1v) is 5.43. The van der Waals surface area contributed by atoms with E-state index >= 15 is 0 Å². The van der Waals surface area contributed by atoms with Crippen molar-refractivity contribution in [3.05, 3.63) is 52.0 Å². The van der Waals surface area contributed by atoms with Gasteiger partial charge in [0.25, 0.3) is 0 Å². The van der Waals surface area contributed by atoms with E-state index in [4.69, 9.17) is 5.73 Å². The average molecular weight is 204 g/mol. The van der Waals surface area contributed by atoms with Crippen LogP contribution in [0.3, 0.4) is 0 Å². The molecule has 0 spiro atoms. The molecule has 1 aromatic carbocycles. The fourth-order valence-corrected chi connectivity index (χ4v) is 2.14. The molecule has 0 bridgehead atoms. The first-order valence-electron chi connectivity index (χ1n) is 4.56. The molecule has 14 heavy (non-hydrogen) atoms. The van der Waals surface area contributed by atoms with Crippen molar-refractivity contribution in [3.63, 3.8) is 0 Å². The molecule has 3 heteroatoms. The normalized spacial score (nSPS) is 10.4. The summed E-state index contributed by atoms with van der Waals surface area (Å²) in [5.41, 5.74) is 7.78. The number of rotatable bonds is 3. The number of aromatic nitrogens is 1. The van der Waals surface area contributed by atoms with E-state index in [9.17, 15) is 0 Å². The Morgan fingerprint density at radius 1 is 1.21 bits per heavy atom. The SMILES string of the molecule is NCc1csc(Cc2ccccc2)n1. The molecular weight excluding hydrogens is 192 g/mol. The Balaban J connectivity index is 2.11. The van der Waals surface area contributed by atoms with Crippen molar-refractivity contribution < 1.29 is 0 Å². The molecule has 2 rings (SSSR count). The second-order valence-electron chi connectivity index (χ2n) is 3.10. The second-order valence-corrected chi connectivity index (χ2v) is 4.04. The fourth-order valence-electron chi connectivity index (χ4n) is 1.29. The summed E-state index contributed by atoms with van der Waals surface area (Å²) >= 11 is 1.68. The third kappa shape index (κ3) is 2.19. The zero-order valence-corrected chi connectivity index (χ0v) is 8.63. The summed E-state index contributed by atoms with van der Waals surface area (Å²) in [6.45, 7) is 0.533. The zero-order chi connectivity index (χ0) is 9.80. The third-order valence-electron chi connectivity index (χ3n) is 2.01. The molecule has 0 unspecified atom stereocenters. The van der Waals surface area contributed by atoms with Crippen LogP contribution in [-0.2, 0) is 13.0 Å². The van der Waals surface area contributed by atoms with Crippen LogP contribution in [0.5, 0.6) is 0 Å². The van der Waals surface area contributed by atoms with Crippen LogP contribution >= 0.6 is 11.3 Å². The van der Waals surface area contributed by atoms with Crippen molar-refractivity contribution in [2.45, 2.75) is 13.0 Å². The molecule has 0 saturated heterocycles. The number of nitrogens with two attached hydrogens (primary N) is 1. The number of hydrogen-bond donors (Lipinski definition) is 1. The molecular formula is C11H12N2S. The molecule has 0 aliphatic carbocycles. The predicted molar refractivity (Wildman–Crippen MR) is 59.3 cm³/mol. The van der Waals surface area contributed by atoms with Crippen LogP contribution in [-0.4, -0.2) is 4.98 Å². The molecule has 0 amide bonds. The molecule has 0 aliphatic rings. The van der Waals surface area contributed by atoms with E-state index in [2.05, 4.69) is 17.1 Å². The monoisotopic (exact) mass is 204 g/mol. The Morgan fingerprint density at radius 3 is 2.64 bits per heavy atom. The molecule has 1 heterocycles. The van der Waals surface area contributed by atoms with E-state index in [0.29, 0.717) is 6.54 Å². The Labute approximate surface area is 87.4 Å². The Kier molecular flexibility index (Phi) is 2.91. The topological polar surface area (TPSA) is 38.9 Å². The molecule has 2 N–H and O–H groups in total. The van der Waals surface area contributed by atoms with E-state index in [1.165, 1.54) is 5.56 Å². The predicted octanol–water partition coefficient (Wildman–Crippen LogP) is 2.19. The summed E-state index contributed by atoms with van der Waals surface area (Å²) in [5.74, 6) is 0. The van der Waals surface area contributed by atoms with Crippen molar-refractivity contribution in [3.8, 4) is 0 Å². The molecule has 0 saturated carbocycles. The summed E-state index contributed by atoms with van der Waals surface area (Å²) in [6, 6.07) is 10.4. The summed E-state index contributed by atoms with van der Waals surface area (Å²) in [6.07, 6.45) is 0.908. The fraction of sp³-hybridized carbons (Fsp3) is 0.182. The molecule has 2 aromatic rings. The first kappa shape index (κ1) is 9.37. The van der Waals surface area contributed by atoms with Crippen LogP contribution in [0, 0.1) is 0 Å². The molecule has 1 aromatic heterocycles. The first-order chi connectivity index (χ1) is 6.88. The lowest BCUT2D eigenvalue weighted by molar-refractivity contribution is 0.982. The summed E-state index contributed by atoms with van der Waals surface area (Å²) in [5, 5.41) is 3.16. The maximum absolute atomic E-state index is 5.50. The van der Waals surface area contributed by atoms with Gasteiger partial charge in [-0.1, -0.05) is 30.3 Å². The maximum atomic E-state index is 5.50. The van der Waals surface area contributed by atoms with Gasteiger partial charge in [-0.3, -0.25) is 0 Å². The van der Waals surface area contributed by atoms with Gasteiger partial charge in [-0.2, -0.15) is 0 Å². The van der Waals surface area contributed by atoms with Crippen LogP contribution < -0.4 is 5.73 Å². The molecule has 2 nitrogen and oxygen atoms in total. The molecule has 0 radical (unpaired) electrons. The quantitative estimate of drug-likeness (QED) is 0.832. The maximum Gasteiger partial charge on any atom is 0.0972 e. The summed E-state index contributed by atoms with van der Waals surface area (Å²) in [4.78, 5) is 4.42. The zero-order valence-electron chi connectivity index (χ0n) is 7.81. The third-order valence-corrected chi connectivity index (χ3v) is 2.90. The average Bonchev–Trinajstić information content (AvgIpc) is 2.67. The molecule has 0 fully saturated rings. The van der Waals surface area contributed by atoms with Gasteiger partial charge in [0.05, 0.1) is 10.7 Å². The lowest BCUT2D eigenvalue weighted by Crippen LogP contribution is -1.96. The van der Waals surface area contributed by atoms with Crippen LogP contribution in [0.4, 0.5) is 0 Å². The van der Waals surface area contributed by atoms with Gasteiger partial charge in [-0.15, -0.1) is 11.3 Å². The molecule has 0 atom stereocenters. The minimum Gasteiger partial charge on any atom is -0.325 e. The van der Waals surface area contributed by atoms with Crippen LogP contribution in [0.25, 0.3) is 0 Å². The van der Waals surface area contributed by atoms with Crippen molar-refractivity contribution in [2.75, 3.05) is 0 Å². The Morgan fingerprint density at radius 2 is 2.00 bits per heavy atom. The molecule has 72 valence electrons. The van der Waals surface area contributed by atoms with E-state index in [0.717, 1.165) is 17.1 Å². The Bertz CT molecular complexity index is 395. The Hall–Kier alpha value is -1.19. The van der Waals surface area contributed by atoms with E-state index < -0.39 is 0 Å². The van der Waals surface area contributed by atoms with Gasteiger partial charge in [0.15, 0.2) is 0 Å². The van der Waals surface area contributed by atoms with Crippen molar-refractivity contribution in [2.24, 2.45) is 5.73 Å².